The van der Waals surface area contributed by atoms with Crippen molar-refractivity contribution in [2.24, 2.45) is 0 Å². The van der Waals surface area contributed by atoms with Crippen LogP contribution in [0.4, 0.5) is 4.79 Å². The van der Waals surface area contributed by atoms with Gasteiger partial charge in [-0.3, -0.25) is 0 Å². The van der Waals surface area contributed by atoms with Crippen molar-refractivity contribution in [1.82, 2.24) is 4.90 Å². The van der Waals surface area contributed by atoms with Crippen LogP contribution in [-0.4, -0.2) is 34.6 Å². The summed E-state index contributed by atoms with van der Waals surface area (Å²) < 4.78 is 6.15. The Balaban J connectivity index is 3.95. The SMILES string of the molecule is C=C(CI)CCN(C)C(=O)OC(C)(C)C. The van der Waals surface area contributed by atoms with Crippen LogP contribution in [0.1, 0.15) is 27.2 Å². The van der Waals surface area contributed by atoms with Crippen LogP contribution in [0.5, 0.6) is 0 Å². The summed E-state index contributed by atoms with van der Waals surface area (Å²) >= 11 is 2.27. The number of nitrogens with zero attached hydrogens (tertiary/aromatic N) is 1. The highest BCUT2D eigenvalue weighted by atomic mass is 127. The molecular formula is C11H20INO2. The first-order valence-corrected chi connectivity index (χ1v) is 6.45. The van der Waals surface area contributed by atoms with Gasteiger partial charge < -0.3 is 9.64 Å². The first-order chi connectivity index (χ1) is 6.76. The second kappa shape index (κ2) is 6.35. The topological polar surface area (TPSA) is 29.5 Å². The summed E-state index contributed by atoms with van der Waals surface area (Å²) in [7, 11) is 1.74. The number of carbonyl (C=O) groups is 1. The lowest BCUT2D eigenvalue weighted by Gasteiger charge is -2.24. The number of alkyl halides is 1. The molecule has 0 radical (unpaired) electrons. The molecule has 0 aliphatic rings. The van der Waals surface area contributed by atoms with Crippen LogP contribution in [0.2, 0.25) is 0 Å². The molecule has 4 heteroatoms. The molecule has 0 heterocycles. The van der Waals surface area contributed by atoms with E-state index in [0.29, 0.717) is 6.54 Å². The maximum atomic E-state index is 11.5. The quantitative estimate of drug-likeness (QED) is 0.451. The average Bonchev–Trinajstić information content (AvgIpc) is 2.10. The Morgan fingerprint density at radius 3 is 2.40 bits per heavy atom. The third-order valence-electron chi connectivity index (χ3n) is 1.69. The molecule has 88 valence electrons. The molecular weight excluding hydrogens is 305 g/mol. The minimum absolute atomic E-state index is 0.274. The number of hydrogen-bond donors (Lipinski definition) is 0. The molecule has 0 saturated heterocycles. The fraction of sp³-hybridized carbons (Fsp3) is 0.727. The molecule has 0 saturated carbocycles. The summed E-state index contributed by atoms with van der Waals surface area (Å²) in [6, 6.07) is 0. The summed E-state index contributed by atoms with van der Waals surface area (Å²) in [6.45, 7) is 10.1. The maximum Gasteiger partial charge on any atom is 0.410 e. The highest BCUT2D eigenvalue weighted by Gasteiger charge is 2.19. The predicted molar refractivity (Wildman–Crippen MR) is 71.5 cm³/mol. The van der Waals surface area contributed by atoms with Crippen molar-refractivity contribution in [2.75, 3.05) is 18.0 Å². The Kier molecular flexibility index (Phi) is 6.24. The van der Waals surface area contributed by atoms with E-state index in [4.69, 9.17) is 4.74 Å². The first kappa shape index (κ1) is 14.7. The summed E-state index contributed by atoms with van der Waals surface area (Å²) in [5.41, 5.74) is 0.719. The molecule has 0 unspecified atom stereocenters. The molecule has 0 aromatic rings. The fourth-order valence-electron chi connectivity index (χ4n) is 0.824. The van der Waals surface area contributed by atoms with Crippen molar-refractivity contribution in [2.45, 2.75) is 32.8 Å². The minimum Gasteiger partial charge on any atom is -0.444 e. The molecule has 1 amide bonds. The number of hydrogen-bond acceptors (Lipinski definition) is 2. The van der Waals surface area contributed by atoms with Crippen LogP contribution in [-0.2, 0) is 4.74 Å². The van der Waals surface area contributed by atoms with Gasteiger partial charge in [0.05, 0.1) is 0 Å². The highest BCUT2D eigenvalue weighted by Crippen LogP contribution is 2.10. The van der Waals surface area contributed by atoms with E-state index in [1.165, 1.54) is 0 Å². The third kappa shape index (κ3) is 7.64. The number of ether oxygens (including phenoxy) is 1. The highest BCUT2D eigenvalue weighted by molar-refractivity contribution is 14.1. The molecule has 0 aliphatic heterocycles. The zero-order valence-corrected chi connectivity index (χ0v) is 12.1. The lowest BCUT2D eigenvalue weighted by atomic mass is 10.2. The average molecular weight is 325 g/mol. The van der Waals surface area contributed by atoms with Crippen LogP contribution in [0.15, 0.2) is 12.2 Å². The van der Waals surface area contributed by atoms with Gasteiger partial charge in [0.2, 0.25) is 0 Å². The van der Waals surface area contributed by atoms with Crippen LogP contribution < -0.4 is 0 Å². The number of rotatable bonds is 4. The number of amides is 1. The zero-order chi connectivity index (χ0) is 12.1. The van der Waals surface area contributed by atoms with E-state index < -0.39 is 5.60 Å². The normalized spacial score (nSPS) is 11.0. The second-order valence-electron chi connectivity index (χ2n) is 4.54. The lowest BCUT2D eigenvalue weighted by Crippen LogP contribution is -2.34. The van der Waals surface area contributed by atoms with Gasteiger partial charge in [0.1, 0.15) is 5.60 Å². The van der Waals surface area contributed by atoms with Crippen LogP contribution in [0.25, 0.3) is 0 Å². The van der Waals surface area contributed by atoms with Gasteiger partial charge in [-0.15, -0.1) is 0 Å². The van der Waals surface area contributed by atoms with E-state index in [9.17, 15) is 4.79 Å². The maximum absolute atomic E-state index is 11.5. The van der Waals surface area contributed by atoms with Crippen LogP contribution in [0, 0.1) is 0 Å². The Morgan fingerprint density at radius 1 is 1.47 bits per heavy atom. The second-order valence-corrected chi connectivity index (χ2v) is 5.30. The summed E-state index contributed by atoms with van der Waals surface area (Å²) in [5.74, 6) is 0. The zero-order valence-electron chi connectivity index (χ0n) is 9.97. The molecule has 15 heavy (non-hydrogen) atoms. The van der Waals surface area contributed by atoms with E-state index >= 15 is 0 Å². The number of halogens is 1. The summed E-state index contributed by atoms with van der Waals surface area (Å²) in [4.78, 5) is 13.1. The molecule has 0 spiro atoms. The largest absolute Gasteiger partial charge is 0.444 e. The van der Waals surface area contributed by atoms with Crippen molar-refractivity contribution < 1.29 is 9.53 Å². The van der Waals surface area contributed by atoms with Crippen molar-refractivity contribution in [1.29, 1.82) is 0 Å². The van der Waals surface area contributed by atoms with Crippen molar-refractivity contribution in [3.63, 3.8) is 0 Å². The summed E-state index contributed by atoms with van der Waals surface area (Å²) in [6.07, 6.45) is 0.558. The molecule has 0 bridgehead atoms. The van der Waals surface area contributed by atoms with Crippen molar-refractivity contribution >= 4 is 28.7 Å². The van der Waals surface area contributed by atoms with Gasteiger partial charge in [-0.05, 0) is 27.2 Å². The molecule has 0 atom stereocenters. The van der Waals surface area contributed by atoms with Gasteiger partial charge in [0.25, 0.3) is 0 Å². The molecule has 0 rings (SSSR count). The van der Waals surface area contributed by atoms with Crippen LogP contribution in [0.3, 0.4) is 0 Å². The molecule has 3 nitrogen and oxygen atoms in total. The van der Waals surface area contributed by atoms with Crippen molar-refractivity contribution in [3.05, 3.63) is 12.2 Å². The van der Waals surface area contributed by atoms with E-state index in [-0.39, 0.29) is 6.09 Å². The third-order valence-corrected chi connectivity index (χ3v) is 2.77. The van der Waals surface area contributed by atoms with Gasteiger partial charge in [-0.2, -0.15) is 0 Å². The van der Waals surface area contributed by atoms with Gasteiger partial charge in [-0.1, -0.05) is 34.7 Å². The first-order valence-electron chi connectivity index (χ1n) is 4.93. The molecule has 0 aliphatic carbocycles. The van der Waals surface area contributed by atoms with Gasteiger partial charge in [-0.25, -0.2) is 4.79 Å². The number of carbonyl (C=O) groups excluding carboxylic acids is 1. The predicted octanol–water partition coefficient (Wildman–Crippen LogP) is 3.23. The van der Waals surface area contributed by atoms with E-state index in [2.05, 4.69) is 29.2 Å². The van der Waals surface area contributed by atoms with E-state index in [1.807, 2.05) is 20.8 Å². The van der Waals surface area contributed by atoms with Crippen molar-refractivity contribution in [3.8, 4) is 0 Å². The molecule has 0 fully saturated rings. The van der Waals surface area contributed by atoms with Crippen LogP contribution >= 0.6 is 22.6 Å². The lowest BCUT2D eigenvalue weighted by molar-refractivity contribution is 0.0301. The Bertz CT molecular complexity index is 233. The monoisotopic (exact) mass is 325 g/mol. The summed E-state index contributed by atoms with van der Waals surface area (Å²) in [5, 5.41) is 0. The van der Waals surface area contributed by atoms with E-state index in [1.54, 1.807) is 11.9 Å². The Labute approximate surface area is 106 Å². The van der Waals surface area contributed by atoms with E-state index in [0.717, 1.165) is 16.4 Å². The molecule has 0 aromatic carbocycles. The fourth-order valence-corrected chi connectivity index (χ4v) is 1.21. The molecule has 0 aromatic heterocycles. The standard InChI is InChI=1S/C11H20INO2/c1-9(8-12)6-7-13(5)10(14)15-11(2,3)4/h1,6-8H2,2-5H3. The smallest absolute Gasteiger partial charge is 0.410 e. The Hall–Kier alpha value is -0.260. The van der Waals surface area contributed by atoms with Gasteiger partial charge in [0.15, 0.2) is 0 Å². The van der Waals surface area contributed by atoms with Gasteiger partial charge >= 0.3 is 6.09 Å². The van der Waals surface area contributed by atoms with Gasteiger partial charge in [0, 0.05) is 18.0 Å². The minimum atomic E-state index is -0.425. The molecule has 0 N–H and O–H groups in total. The Morgan fingerprint density at radius 2 is 2.00 bits per heavy atom.